The summed E-state index contributed by atoms with van der Waals surface area (Å²) in [6, 6.07) is 4.13. The van der Waals surface area contributed by atoms with Crippen LogP contribution in [0.15, 0.2) is 12.1 Å². The molecule has 0 aromatic heterocycles. The summed E-state index contributed by atoms with van der Waals surface area (Å²) in [4.78, 5) is 2.06. The molecule has 0 bridgehead atoms. The Balaban J connectivity index is 2.92. The van der Waals surface area contributed by atoms with Gasteiger partial charge in [0.15, 0.2) is 0 Å². The largest absolute Gasteiger partial charge is 0.507 e. The average Bonchev–Trinajstić information content (AvgIpc) is 2.21. The lowest BCUT2D eigenvalue weighted by Gasteiger charge is -2.14. The minimum atomic E-state index is 0.421. The Bertz CT molecular complexity index is 348. The lowest BCUT2D eigenvalue weighted by molar-refractivity contribution is 0.384. The Labute approximate surface area is 97.9 Å². The summed E-state index contributed by atoms with van der Waals surface area (Å²) in [5, 5.41) is 9.94. The number of phenolic OH excluding ortho intramolecular Hbond substituents is 1. The molecule has 1 aromatic rings. The van der Waals surface area contributed by atoms with Crippen LogP contribution in [0.25, 0.3) is 0 Å². The van der Waals surface area contributed by atoms with Crippen molar-refractivity contribution in [2.45, 2.75) is 26.3 Å². The lowest BCUT2D eigenvalue weighted by atomic mass is 10.0. The van der Waals surface area contributed by atoms with Crippen LogP contribution >= 0.6 is 0 Å². The van der Waals surface area contributed by atoms with Crippen LogP contribution in [0.5, 0.6) is 5.75 Å². The quantitative estimate of drug-likeness (QED) is 0.796. The molecule has 90 valence electrons. The molecule has 0 heterocycles. The number of rotatable bonds is 5. The van der Waals surface area contributed by atoms with Crippen LogP contribution in [-0.4, -0.2) is 30.6 Å². The monoisotopic (exact) mass is 222 g/mol. The fourth-order valence-corrected chi connectivity index (χ4v) is 1.85. The zero-order valence-electron chi connectivity index (χ0n) is 10.5. The summed E-state index contributed by atoms with van der Waals surface area (Å²) in [6.45, 7) is 3.42. The van der Waals surface area contributed by atoms with Gasteiger partial charge in [-0.3, -0.25) is 0 Å². The Hall–Kier alpha value is -1.06. The van der Waals surface area contributed by atoms with E-state index in [1.165, 1.54) is 5.56 Å². The second-order valence-corrected chi connectivity index (χ2v) is 4.55. The van der Waals surface area contributed by atoms with Crippen LogP contribution in [0.4, 0.5) is 0 Å². The van der Waals surface area contributed by atoms with Crippen molar-refractivity contribution in [3.8, 4) is 5.75 Å². The standard InChI is InChI=1S/C13H22N2O/c1-10-7-11(5-4-6-14)8-12(13(10)16)9-15(2)3/h7-8,16H,4-6,9,14H2,1-3H3. The second-order valence-electron chi connectivity index (χ2n) is 4.55. The third kappa shape index (κ3) is 3.51. The van der Waals surface area contributed by atoms with Crippen LogP contribution in [0.3, 0.4) is 0 Å². The van der Waals surface area contributed by atoms with Gasteiger partial charge >= 0.3 is 0 Å². The minimum Gasteiger partial charge on any atom is -0.507 e. The molecule has 0 amide bonds. The van der Waals surface area contributed by atoms with Gasteiger partial charge in [0, 0.05) is 12.1 Å². The number of hydrogen-bond acceptors (Lipinski definition) is 3. The molecule has 0 saturated carbocycles. The van der Waals surface area contributed by atoms with Crippen molar-refractivity contribution in [2.24, 2.45) is 5.73 Å². The Morgan fingerprint density at radius 2 is 2.00 bits per heavy atom. The van der Waals surface area contributed by atoms with Crippen molar-refractivity contribution < 1.29 is 5.11 Å². The Morgan fingerprint density at radius 3 is 2.56 bits per heavy atom. The fraction of sp³-hybridized carbons (Fsp3) is 0.538. The second kappa shape index (κ2) is 5.87. The highest BCUT2D eigenvalue weighted by Crippen LogP contribution is 2.25. The Morgan fingerprint density at radius 1 is 1.31 bits per heavy atom. The van der Waals surface area contributed by atoms with Gasteiger partial charge < -0.3 is 15.7 Å². The molecule has 3 nitrogen and oxygen atoms in total. The van der Waals surface area contributed by atoms with Crippen molar-refractivity contribution in [3.05, 3.63) is 28.8 Å². The van der Waals surface area contributed by atoms with Crippen LogP contribution in [-0.2, 0) is 13.0 Å². The first kappa shape index (κ1) is 13.0. The zero-order chi connectivity index (χ0) is 12.1. The first-order valence-corrected chi connectivity index (χ1v) is 5.70. The summed E-state index contributed by atoms with van der Waals surface area (Å²) >= 11 is 0. The maximum absolute atomic E-state index is 9.94. The van der Waals surface area contributed by atoms with Gasteiger partial charge in [-0.25, -0.2) is 0 Å². The normalized spacial score (nSPS) is 11.1. The van der Waals surface area contributed by atoms with E-state index in [2.05, 4.69) is 11.0 Å². The predicted octanol–water partition coefficient (Wildman–Crippen LogP) is 1.65. The first-order valence-electron chi connectivity index (χ1n) is 5.70. The molecular weight excluding hydrogens is 200 g/mol. The van der Waals surface area contributed by atoms with E-state index in [1.54, 1.807) is 0 Å². The molecule has 0 radical (unpaired) electrons. The summed E-state index contributed by atoms with van der Waals surface area (Å²) in [6.07, 6.45) is 1.98. The van der Waals surface area contributed by atoms with E-state index in [0.29, 0.717) is 12.3 Å². The van der Waals surface area contributed by atoms with Crippen molar-refractivity contribution >= 4 is 0 Å². The van der Waals surface area contributed by atoms with E-state index in [4.69, 9.17) is 5.73 Å². The molecule has 3 heteroatoms. The molecule has 1 rings (SSSR count). The zero-order valence-corrected chi connectivity index (χ0v) is 10.5. The molecule has 3 N–H and O–H groups in total. The summed E-state index contributed by atoms with van der Waals surface area (Å²) in [5.41, 5.74) is 8.71. The average molecular weight is 222 g/mol. The Kier molecular flexibility index (Phi) is 4.77. The van der Waals surface area contributed by atoms with Gasteiger partial charge in [0.25, 0.3) is 0 Å². The summed E-state index contributed by atoms with van der Waals surface area (Å²) in [7, 11) is 4.00. The smallest absolute Gasteiger partial charge is 0.122 e. The number of phenols is 1. The van der Waals surface area contributed by atoms with Gasteiger partial charge in [-0.1, -0.05) is 12.1 Å². The molecule has 1 aromatic carbocycles. The van der Waals surface area contributed by atoms with Crippen LogP contribution < -0.4 is 5.73 Å². The number of nitrogens with zero attached hydrogens (tertiary/aromatic N) is 1. The number of aryl methyl sites for hydroxylation is 2. The summed E-state index contributed by atoms with van der Waals surface area (Å²) in [5.74, 6) is 0.421. The van der Waals surface area contributed by atoms with E-state index in [-0.39, 0.29) is 0 Å². The molecule has 0 spiro atoms. The first-order chi connectivity index (χ1) is 7.54. The fourth-order valence-electron chi connectivity index (χ4n) is 1.85. The number of nitrogens with two attached hydrogens (primary N) is 1. The minimum absolute atomic E-state index is 0.421. The van der Waals surface area contributed by atoms with E-state index in [1.807, 2.05) is 27.1 Å². The maximum Gasteiger partial charge on any atom is 0.122 e. The van der Waals surface area contributed by atoms with Crippen LogP contribution in [0.2, 0.25) is 0 Å². The van der Waals surface area contributed by atoms with Gasteiger partial charge in [0.05, 0.1) is 0 Å². The SMILES string of the molecule is Cc1cc(CCCN)cc(CN(C)C)c1O. The van der Waals surface area contributed by atoms with Crippen LogP contribution in [0.1, 0.15) is 23.1 Å². The molecule has 16 heavy (non-hydrogen) atoms. The molecule has 0 aliphatic carbocycles. The summed E-state index contributed by atoms with van der Waals surface area (Å²) < 4.78 is 0. The molecular formula is C13H22N2O. The van der Waals surface area contributed by atoms with Gasteiger partial charge in [-0.05, 0) is 51.5 Å². The highest BCUT2D eigenvalue weighted by atomic mass is 16.3. The van der Waals surface area contributed by atoms with Gasteiger partial charge in [-0.2, -0.15) is 0 Å². The topological polar surface area (TPSA) is 49.5 Å². The predicted molar refractivity (Wildman–Crippen MR) is 67.6 cm³/mol. The number of aromatic hydroxyl groups is 1. The maximum atomic E-state index is 9.94. The van der Waals surface area contributed by atoms with Gasteiger partial charge in [0.2, 0.25) is 0 Å². The highest BCUT2D eigenvalue weighted by Gasteiger charge is 2.07. The lowest BCUT2D eigenvalue weighted by Crippen LogP contribution is -2.11. The number of hydrogen-bond donors (Lipinski definition) is 2. The molecule has 0 atom stereocenters. The van der Waals surface area contributed by atoms with Gasteiger partial charge in [0.1, 0.15) is 5.75 Å². The molecule has 0 saturated heterocycles. The third-order valence-corrected chi connectivity index (χ3v) is 2.60. The highest BCUT2D eigenvalue weighted by molar-refractivity contribution is 5.43. The van der Waals surface area contributed by atoms with Crippen LogP contribution in [0, 0.1) is 6.92 Å². The molecule has 0 aliphatic rings. The van der Waals surface area contributed by atoms with Crippen molar-refractivity contribution in [1.82, 2.24) is 4.90 Å². The molecule has 0 fully saturated rings. The van der Waals surface area contributed by atoms with E-state index in [9.17, 15) is 5.11 Å². The van der Waals surface area contributed by atoms with Crippen molar-refractivity contribution in [2.75, 3.05) is 20.6 Å². The van der Waals surface area contributed by atoms with E-state index in [0.717, 1.165) is 30.5 Å². The van der Waals surface area contributed by atoms with Crippen molar-refractivity contribution in [1.29, 1.82) is 0 Å². The third-order valence-electron chi connectivity index (χ3n) is 2.60. The van der Waals surface area contributed by atoms with E-state index < -0.39 is 0 Å². The van der Waals surface area contributed by atoms with Gasteiger partial charge in [-0.15, -0.1) is 0 Å². The number of benzene rings is 1. The molecule has 0 aliphatic heterocycles. The van der Waals surface area contributed by atoms with E-state index >= 15 is 0 Å². The molecule has 0 unspecified atom stereocenters. The van der Waals surface area contributed by atoms with Crippen molar-refractivity contribution in [3.63, 3.8) is 0 Å².